The van der Waals surface area contributed by atoms with E-state index in [2.05, 4.69) is 16.0 Å². The van der Waals surface area contributed by atoms with Gasteiger partial charge in [-0.25, -0.2) is 0 Å². The molecule has 3 N–H and O–H groups in total. The Morgan fingerprint density at radius 1 is 0.844 bits per heavy atom. The van der Waals surface area contributed by atoms with Gasteiger partial charge in [0.15, 0.2) is 0 Å². The number of carbonyl (C=O) groups is 3. The minimum absolute atomic E-state index is 0.0292. The molecule has 0 saturated heterocycles. The number of halogens is 5. The number of benzene rings is 4. The van der Waals surface area contributed by atoms with E-state index in [0.717, 1.165) is 23.9 Å². The van der Waals surface area contributed by atoms with Crippen LogP contribution in [0.15, 0.2) is 108 Å². The topological polar surface area (TPSA) is 87.3 Å². The first-order chi connectivity index (χ1) is 21.4. The Hall–Kier alpha value is -4.25. The first-order valence-corrected chi connectivity index (χ1v) is 15.2. The molecule has 0 fully saturated rings. The molecule has 0 aliphatic rings. The summed E-state index contributed by atoms with van der Waals surface area (Å²) in [5.74, 6) is -1.72. The number of amides is 3. The molecule has 0 aliphatic heterocycles. The van der Waals surface area contributed by atoms with Gasteiger partial charge in [0.05, 0.1) is 16.5 Å². The van der Waals surface area contributed by atoms with E-state index in [9.17, 15) is 27.6 Å². The minimum atomic E-state index is -4.71. The molecule has 0 saturated carbocycles. The van der Waals surface area contributed by atoms with Gasteiger partial charge in [-0.2, -0.15) is 13.2 Å². The highest BCUT2D eigenvalue weighted by atomic mass is 35.5. The van der Waals surface area contributed by atoms with E-state index in [1.165, 1.54) is 12.1 Å². The summed E-state index contributed by atoms with van der Waals surface area (Å²) in [6.07, 6.45) is -2.90. The van der Waals surface area contributed by atoms with E-state index in [-0.39, 0.29) is 10.7 Å². The van der Waals surface area contributed by atoms with Crippen LogP contribution in [0.1, 0.15) is 34.8 Å². The van der Waals surface area contributed by atoms with E-state index in [1.807, 2.05) is 0 Å². The van der Waals surface area contributed by atoms with Crippen LogP contribution in [0.4, 0.5) is 24.5 Å². The zero-order chi connectivity index (χ0) is 32.6. The molecule has 6 nitrogen and oxygen atoms in total. The van der Waals surface area contributed by atoms with Gasteiger partial charge < -0.3 is 16.0 Å². The van der Waals surface area contributed by atoms with E-state index in [1.54, 1.807) is 85.8 Å². The van der Waals surface area contributed by atoms with E-state index in [4.69, 9.17) is 23.2 Å². The summed E-state index contributed by atoms with van der Waals surface area (Å²) in [5.41, 5.74) is -0.125. The fourth-order valence-electron chi connectivity index (χ4n) is 4.07. The molecule has 45 heavy (non-hydrogen) atoms. The lowest BCUT2D eigenvalue weighted by Crippen LogP contribution is -2.30. The highest BCUT2D eigenvalue weighted by Crippen LogP contribution is 2.37. The summed E-state index contributed by atoms with van der Waals surface area (Å²) in [6, 6.07) is 24.9. The molecule has 0 spiro atoms. The SMILES string of the molecule is CCC(Sc1cccc(NC(=O)/C(=C/c2ccc(Cl)cc2)NC(=O)c2ccccc2)c1)C(=O)Nc1ccc(Cl)cc1C(F)(F)F. The Labute approximate surface area is 272 Å². The van der Waals surface area contributed by atoms with Crippen LogP contribution in [0.25, 0.3) is 6.08 Å². The van der Waals surface area contributed by atoms with Crippen molar-refractivity contribution >= 4 is 70.1 Å². The molecule has 232 valence electrons. The lowest BCUT2D eigenvalue weighted by molar-refractivity contribution is -0.137. The van der Waals surface area contributed by atoms with Crippen LogP contribution in [0.5, 0.6) is 0 Å². The van der Waals surface area contributed by atoms with Gasteiger partial charge in [0.25, 0.3) is 11.8 Å². The standard InChI is InChI=1S/C33H26Cl2F3N3O3S/c1-2-29(32(44)40-27-16-15-23(35)18-26(27)33(36,37)38)45-25-10-6-9-24(19-25)39-31(43)28(17-20-11-13-22(34)14-12-20)41-30(42)21-7-4-3-5-8-21/h3-19,29H,2H2,1H3,(H,39,43)(H,40,44)(H,41,42)/b28-17-. The summed E-state index contributed by atoms with van der Waals surface area (Å²) in [5, 5.41) is 7.44. The molecule has 3 amide bonds. The molecule has 0 heterocycles. The third-order valence-corrected chi connectivity index (χ3v) is 8.13. The Morgan fingerprint density at radius 3 is 2.20 bits per heavy atom. The molecule has 0 aromatic heterocycles. The van der Waals surface area contributed by atoms with Gasteiger partial charge in [0.2, 0.25) is 5.91 Å². The van der Waals surface area contributed by atoms with Crippen LogP contribution in [-0.2, 0) is 15.8 Å². The second-order valence-corrected chi connectivity index (χ2v) is 11.8. The summed E-state index contributed by atoms with van der Waals surface area (Å²) >= 11 is 12.9. The molecule has 0 aliphatic carbocycles. The van der Waals surface area contributed by atoms with Crippen molar-refractivity contribution in [1.82, 2.24) is 5.32 Å². The van der Waals surface area contributed by atoms with Crippen molar-refractivity contribution in [3.63, 3.8) is 0 Å². The van der Waals surface area contributed by atoms with Gasteiger partial charge in [-0.15, -0.1) is 11.8 Å². The Balaban J connectivity index is 1.51. The molecule has 1 atom stereocenters. The molecular weight excluding hydrogens is 646 g/mol. The Morgan fingerprint density at radius 2 is 1.53 bits per heavy atom. The van der Waals surface area contributed by atoms with Gasteiger partial charge in [0, 0.05) is 26.2 Å². The second kappa shape index (κ2) is 15.2. The van der Waals surface area contributed by atoms with E-state index < -0.39 is 40.4 Å². The maximum Gasteiger partial charge on any atom is 0.418 e. The molecule has 4 aromatic carbocycles. The third-order valence-electron chi connectivity index (χ3n) is 6.29. The quantitative estimate of drug-likeness (QED) is 0.116. The number of carbonyl (C=O) groups excluding carboxylic acids is 3. The molecule has 4 aromatic rings. The predicted molar refractivity (Wildman–Crippen MR) is 173 cm³/mol. The molecule has 0 bridgehead atoms. The molecule has 4 rings (SSSR count). The fourth-order valence-corrected chi connectivity index (χ4v) is 5.38. The van der Waals surface area contributed by atoms with Crippen LogP contribution in [-0.4, -0.2) is 23.0 Å². The number of rotatable bonds is 10. The first-order valence-electron chi connectivity index (χ1n) is 13.5. The summed E-state index contributed by atoms with van der Waals surface area (Å²) < 4.78 is 40.6. The van der Waals surface area contributed by atoms with Crippen LogP contribution < -0.4 is 16.0 Å². The number of hydrogen-bond donors (Lipinski definition) is 3. The van der Waals surface area contributed by atoms with Crippen LogP contribution in [0, 0.1) is 0 Å². The zero-order valence-corrected chi connectivity index (χ0v) is 26.0. The number of nitrogens with one attached hydrogen (secondary N) is 3. The number of thioether (sulfide) groups is 1. The van der Waals surface area contributed by atoms with E-state index >= 15 is 0 Å². The lowest BCUT2D eigenvalue weighted by atomic mass is 10.1. The van der Waals surface area contributed by atoms with Gasteiger partial charge in [0.1, 0.15) is 5.70 Å². The summed E-state index contributed by atoms with van der Waals surface area (Å²) in [4.78, 5) is 39.9. The van der Waals surface area contributed by atoms with Crippen LogP contribution in [0.2, 0.25) is 10.0 Å². The number of hydrogen-bond acceptors (Lipinski definition) is 4. The molecule has 1 unspecified atom stereocenters. The van der Waals surface area contributed by atoms with Crippen molar-refractivity contribution in [2.45, 2.75) is 29.7 Å². The van der Waals surface area contributed by atoms with Gasteiger partial charge >= 0.3 is 6.18 Å². The highest BCUT2D eigenvalue weighted by molar-refractivity contribution is 8.00. The maximum atomic E-state index is 13.5. The van der Waals surface area contributed by atoms with Crippen molar-refractivity contribution in [3.05, 3.63) is 129 Å². The van der Waals surface area contributed by atoms with Gasteiger partial charge in [-0.1, -0.05) is 66.5 Å². The largest absolute Gasteiger partial charge is 0.418 e. The van der Waals surface area contributed by atoms with Crippen molar-refractivity contribution in [3.8, 4) is 0 Å². The van der Waals surface area contributed by atoms with E-state index in [0.29, 0.717) is 33.2 Å². The summed E-state index contributed by atoms with van der Waals surface area (Å²) in [6.45, 7) is 1.73. The number of anilines is 2. The van der Waals surface area contributed by atoms with Crippen molar-refractivity contribution < 1.29 is 27.6 Å². The van der Waals surface area contributed by atoms with Crippen molar-refractivity contribution in [2.75, 3.05) is 10.6 Å². The predicted octanol–water partition coefficient (Wildman–Crippen LogP) is 8.93. The highest BCUT2D eigenvalue weighted by Gasteiger charge is 2.34. The molecule has 12 heteroatoms. The van der Waals surface area contributed by atoms with Crippen LogP contribution in [0.3, 0.4) is 0 Å². The minimum Gasteiger partial charge on any atom is -0.325 e. The lowest BCUT2D eigenvalue weighted by Gasteiger charge is -2.18. The summed E-state index contributed by atoms with van der Waals surface area (Å²) in [7, 11) is 0. The third kappa shape index (κ3) is 9.62. The maximum absolute atomic E-state index is 13.5. The molecular formula is C33H26Cl2F3N3O3S. The first kappa shape index (κ1) is 33.6. The Kier molecular flexibility index (Phi) is 11.3. The smallest absolute Gasteiger partial charge is 0.325 e. The number of alkyl halides is 3. The second-order valence-electron chi connectivity index (χ2n) is 9.60. The molecule has 0 radical (unpaired) electrons. The van der Waals surface area contributed by atoms with Gasteiger partial charge in [-0.3, -0.25) is 14.4 Å². The monoisotopic (exact) mass is 671 g/mol. The Bertz CT molecular complexity index is 1720. The zero-order valence-electron chi connectivity index (χ0n) is 23.6. The van der Waals surface area contributed by atoms with Crippen molar-refractivity contribution in [2.24, 2.45) is 0 Å². The fraction of sp³-hybridized carbons (Fsp3) is 0.121. The average Bonchev–Trinajstić information content (AvgIpc) is 3.01. The normalized spacial score (nSPS) is 12.3. The van der Waals surface area contributed by atoms with Crippen molar-refractivity contribution in [1.29, 1.82) is 0 Å². The average molecular weight is 673 g/mol. The van der Waals surface area contributed by atoms with Crippen LogP contribution >= 0.6 is 35.0 Å². The van der Waals surface area contributed by atoms with Gasteiger partial charge in [-0.05, 0) is 78.7 Å².